The molecule has 4 nitrogen and oxygen atoms in total. The van der Waals surface area contributed by atoms with E-state index in [2.05, 4.69) is 26.2 Å². The lowest BCUT2D eigenvalue weighted by Gasteiger charge is -2.16. The molecule has 0 fully saturated rings. The van der Waals surface area contributed by atoms with Crippen molar-refractivity contribution in [3.8, 4) is 0 Å². The molecule has 1 rings (SSSR count). The lowest BCUT2D eigenvalue weighted by atomic mass is 10.2. The number of nitrogens with one attached hydrogen (secondary N) is 1. The summed E-state index contributed by atoms with van der Waals surface area (Å²) in [5.74, 6) is -0.148. The van der Waals surface area contributed by atoms with Gasteiger partial charge < -0.3 is 10.1 Å². The number of carbonyl (C=O) groups is 1. The Morgan fingerprint density at radius 2 is 2.22 bits per heavy atom. The first-order valence-electron chi connectivity index (χ1n) is 5.88. The fourth-order valence-corrected chi connectivity index (χ4v) is 2.30. The van der Waals surface area contributed by atoms with Crippen molar-refractivity contribution >= 4 is 21.8 Å². The number of rotatable bonds is 6. The second-order valence-electron chi connectivity index (χ2n) is 4.27. The molecule has 0 aliphatic carbocycles. The standard InChI is InChI=1S/C13H19BrN2O2/c1-9-6-10(2)15-12(7-9)13(17)16-11(4-5-14)8-18-3/h6-7,11H,4-5,8H2,1-3H3,(H,16,17). The van der Waals surface area contributed by atoms with E-state index in [9.17, 15) is 4.79 Å². The fraction of sp³-hybridized carbons (Fsp3) is 0.538. The molecule has 0 saturated carbocycles. The van der Waals surface area contributed by atoms with Crippen molar-refractivity contribution in [1.29, 1.82) is 0 Å². The normalized spacial score (nSPS) is 12.2. The van der Waals surface area contributed by atoms with Gasteiger partial charge in [0.15, 0.2) is 0 Å². The molecule has 1 atom stereocenters. The van der Waals surface area contributed by atoms with E-state index >= 15 is 0 Å². The zero-order valence-electron chi connectivity index (χ0n) is 11.0. The van der Waals surface area contributed by atoms with Crippen LogP contribution in [-0.4, -0.2) is 36.0 Å². The second-order valence-corrected chi connectivity index (χ2v) is 5.07. The number of halogens is 1. The van der Waals surface area contributed by atoms with Gasteiger partial charge in [0.2, 0.25) is 0 Å². The van der Waals surface area contributed by atoms with Gasteiger partial charge in [0.1, 0.15) is 5.69 Å². The topological polar surface area (TPSA) is 51.2 Å². The van der Waals surface area contributed by atoms with Crippen molar-refractivity contribution in [1.82, 2.24) is 10.3 Å². The molecule has 1 unspecified atom stereocenters. The molecule has 0 saturated heterocycles. The van der Waals surface area contributed by atoms with E-state index < -0.39 is 0 Å². The molecular formula is C13H19BrN2O2. The quantitative estimate of drug-likeness (QED) is 0.819. The number of nitrogens with zero attached hydrogens (tertiary/aromatic N) is 1. The van der Waals surface area contributed by atoms with Crippen LogP contribution < -0.4 is 5.32 Å². The minimum Gasteiger partial charge on any atom is -0.383 e. The predicted molar refractivity (Wildman–Crippen MR) is 75.3 cm³/mol. The Balaban J connectivity index is 2.73. The Kier molecular flexibility index (Phi) is 6.29. The van der Waals surface area contributed by atoms with Gasteiger partial charge in [-0.15, -0.1) is 0 Å². The molecular weight excluding hydrogens is 296 g/mol. The maximum absolute atomic E-state index is 12.1. The monoisotopic (exact) mass is 314 g/mol. The van der Waals surface area contributed by atoms with Gasteiger partial charge in [-0.25, -0.2) is 4.98 Å². The molecule has 1 aromatic heterocycles. The molecule has 1 N–H and O–H groups in total. The molecule has 18 heavy (non-hydrogen) atoms. The largest absolute Gasteiger partial charge is 0.383 e. The van der Waals surface area contributed by atoms with Gasteiger partial charge in [0.05, 0.1) is 12.6 Å². The summed E-state index contributed by atoms with van der Waals surface area (Å²) in [4.78, 5) is 16.3. The van der Waals surface area contributed by atoms with Crippen molar-refractivity contribution < 1.29 is 9.53 Å². The molecule has 1 amide bonds. The smallest absolute Gasteiger partial charge is 0.270 e. The van der Waals surface area contributed by atoms with E-state index in [0.29, 0.717) is 12.3 Å². The van der Waals surface area contributed by atoms with Gasteiger partial charge in [-0.3, -0.25) is 4.79 Å². The van der Waals surface area contributed by atoms with Crippen LogP contribution in [0.15, 0.2) is 12.1 Å². The van der Waals surface area contributed by atoms with Crippen LogP contribution in [0, 0.1) is 13.8 Å². The summed E-state index contributed by atoms with van der Waals surface area (Å²) in [5.41, 5.74) is 2.35. The minimum absolute atomic E-state index is 0.00416. The maximum atomic E-state index is 12.1. The van der Waals surface area contributed by atoms with E-state index in [1.165, 1.54) is 0 Å². The van der Waals surface area contributed by atoms with Crippen LogP contribution in [-0.2, 0) is 4.74 Å². The lowest BCUT2D eigenvalue weighted by molar-refractivity contribution is 0.0890. The highest BCUT2D eigenvalue weighted by Gasteiger charge is 2.14. The molecule has 0 spiro atoms. The first-order valence-corrected chi connectivity index (χ1v) is 7.00. The number of hydrogen-bond donors (Lipinski definition) is 1. The van der Waals surface area contributed by atoms with Gasteiger partial charge in [-0.05, 0) is 38.0 Å². The highest BCUT2D eigenvalue weighted by molar-refractivity contribution is 9.09. The Morgan fingerprint density at radius 3 is 2.78 bits per heavy atom. The summed E-state index contributed by atoms with van der Waals surface area (Å²) >= 11 is 3.37. The van der Waals surface area contributed by atoms with Crippen LogP contribution in [0.2, 0.25) is 0 Å². The van der Waals surface area contributed by atoms with Crippen LogP contribution >= 0.6 is 15.9 Å². The predicted octanol–water partition coefficient (Wildman–Crippen LogP) is 2.23. The maximum Gasteiger partial charge on any atom is 0.270 e. The lowest BCUT2D eigenvalue weighted by Crippen LogP contribution is -2.38. The number of alkyl halides is 1. The zero-order valence-corrected chi connectivity index (χ0v) is 12.6. The Labute approximate surface area is 116 Å². The highest BCUT2D eigenvalue weighted by atomic mass is 79.9. The number of amides is 1. The van der Waals surface area contributed by atoms with Crippen molar-refractivity contribution in [2.24, 2.45) is 0 Å². The van der Waals surface area contributed by atoms with E-state index in [-0.39, 0.29) is 11.9 Å². The average Bonchev–Trinajstić information content (AvgIpc) is 2.28. The van der Waals surface area contributed by atoms with Crippen LogP contribution in [0.5, 0.6) is 0 Å². The number of hydrogen-bond acceptors (Lipinski definition) is 3. The summed E-state index contributed by atoms with van der Waals surface area (Å²) in [6.45, 7) is 4.34. The van der Waals surface area contributed by atoms with E-state index in [4.69, 9.17) is 4.74 Å². The van der Waals surface area contributed by atoms with Crippen molar-refractivity contribution in [3.63, 3.8) is 0 Å². The number of aromatic nitrogens is 1. The third kappa shape index (κ3) is 4.74. The SMILES string of the molecule is COCC(CCBr)NC(=O)c1cc(C)cc(C)n1. The Bertz CT molecular complexity index is 384. The Morgan fingerprint density at radius 1 is 1.50 bits per heavy atom. The summed E-state index contributed by atoms with van der Waals surface area (Å²) < 4.78 is 5.08. The minimum atomic E-state index is -0.148. The van der Waals surface area contributed by atoms with E-state index in [1.807, 2.05) is 19.9 Å². The first kappa shape index (κ1) is 15.1. The fourth-order valence-electron chi connectivity index (χ4n) is 1.75. The second kappa shape index (κ2) is 7.48. The van der Waals surface area contributed by atoms with Crippen LogP contribution in [0.1, 0.15) is 28.2 Å². The number of pyridine rings is 1. The summed E-state index contributed by atoms with van der Waals surface area (Å²) in [7, 11) is 1.63. The van der Waals surface area contributed by atoms with E-state index in [0.717, 1.165) is 23.0 Å². The molecule has 0 aromatic carbocycles. The van der Waals surface area contributed by atoms with Crippen LogP contribution in [0.25, 0.3) is 0 Å². The van der Waals surface area contributed by atoms with Gasteiger partial charge in [-0.2, -0.15) is 0 Å². The summed E-state index contributed by atoms with van der Waals surface area (Å²) in [5, 5.41) is 3.75. The molecule has 0 radical (unpaired) electrons. The van der Waals surface area contributed by atoms with Gasteiger partial charge in [0, 0.05) is 18.1 Å². The summed E-state index contributed by atoms with van der Waals surface area (Å²) in [6, 6.07) is 3.74. The van der Waals surface area contributed by atoms with Crippen molar-refractivity contribution in [3.05, 3.63) is 29.1 Å². The van der Waals surface area contributed by atoms with Gasteiger partial charge in [0.25, 0.3) is 5.91 Å². The third-order valence-electron chi connectivity index (χ3n) is 2.49. The van der Waals surface area contributed by atoms with Gasteiger partial charge in [-0.1, -0.05) is 15.9 Å². The Hall–Kier alpha value is -0.940. The molecule has 0 aliphatic heterocycles. The molecule has 1 heterocycles. The van der Waals surface area contributed by atoms with Crippen molar-refractivity contribution in [2.75, 3.05) is 19.0 Å². The first-order chi connectivity index (χ1) is 8.56. The number of aryl methyl sites for hydroxylation is 2. The van der Waals surface area contributed by atoms with Crippen molar-refractivity contribution in [2.45, 2.75) is 26.3 Å². The number of methoxy groups -OCH3 is 1. The van der Waals surface area contributed by atoms with Crippen LogP contribution in [0.3, 0.4) is 0 Å². The molecule has 1 aromatic rings. The zero-order chi connectivity index (χ0) is 13.5. The molecule has 100 valence electrons. The highest BCUT2D eigenvalue weighted by Crippen LogP contribution is 2.05. The van der Waals surface area contributed by atoms with Gasteiger partial charge >= 0.3 is 0 Å². The molecule has 0 aliphatic rings. The number of carbonyl (C=O) groups excluding carboxylic acids is 1. The van der Waals surface area contributed by atoms with E-state index in [1.54, 1.807) is 13.2 Å². The average molecular weight is 315 g/mol. The molecule has 0 bridgehead atoms. The molecule has 5 heteroatoms. The number of ether oxygens (including phenoxy) is 1. The third-order valence-corrected chi connectivity index (χ3v) is 2.95. The summed E-state index contributed by atoms with van der Waals surface area (Å²) in [6.07, 6.45) is 0.824. The van der Waals surface area contributed by atoms with Crippen LogP contribution in [0.4, 0.5) is 0 Å².